The monoisotopic (exact) mass is 301 g/mol. The van der Waals surface area contributed by atoms with Crippen LogP contribution in [0.25, 0.3) is 0 Å². The Morgan fingerprint density at radius 1 is 1.42 bits per heavy atom. The van der Waals surface area contributed by atoms with Gasteiger partial charge in [0.1, 0.15) is 10.3 Å². The van der Waals surface area contributed by atoms with Crippen molar-refractivity contribution in [1.82, 2.24) is 15.2 Å². The minimum absolute atomic E-state index is 0.0547. The van der Waals surface area contributed by atoms with E-state index >= 15 is 0 Å². The van der Waals surface area contributed by atoms with E-state index in [0.29, 0.717) is 24.9 Å². The van der Waals surface area contributed by atoms with Gasteiger partial charge in [0.25, 0.3) is 5.91 Å². The first kappa shape index (κ1) is 14.1. The SMILES string of the molecule is CN1CC(NC(=O)c2cc(Cl)nc(Cl)c2)CCC1=O. The van der Waals surface area contributed by atoms with Crippen molar-refractivity contribution in [2.24, 2.45) is 0 Å². The minimum atomic E-state index is -0.265. The Morgan fingerprint density at radius 3 is 2.63 bits per heavy atom. The van der Waals surface area contributed by atoms with Crippen molar-refractivity contribution in [3.63, 3.8) is 0 Å². The van der Waals surface area contributed by atoms with Gasteiger partial charge in [-0.15, -0.1) is 0 Å². The number of halogens is 2. The second-order valence-corrected chi connectivity index (χ2v) is 5.26. The lowest BCUT2D eigenvalue weighted by atomic mass is 10.1. The Balaban J connectivity index is 2.03. The summed E-state index contributed by atoms with van der Waals surface area (Å²) in [6.07, 6.45) is 1.08. The summed E-state index contributed by atoms with van der Waals surface area (Å²) in [5.74, 6) is -0.167. The highest BCUT2D eigenvalue weighted by Crippen LogP contribution is 2.16. The summed E-state index contributed by atoms with van der Waals surface area (Å²) >= 11 is 11.5. The third-order valence-electron chi connectivity index (χ3n) is 2.99. The van der Waals surface area contributed by atoms with E-state index in [2.05, 4.69) is 10.3 Å². The normalized spacial score (nSPS) is 19.4. The molecule has 5 nitrogen and oxygen atoms in total. The van der Waals surface area contributed by atoms with Gasteiger partial charge >= 0.3 is 0 Å². The van der Waals surface area contributed by atoms with Gasteiger partial charge in [-0.05, 0) is 18.6 Å². The van der Waals surface area contributed by atoms with E-state index in [1.54, 1.807) is 11.9 Å². The zero-order chi connectivity index (χ0) is 14.0. The van der Waals surface area contributed by atoms with E-state index in [9.17, 15) is 9.59 Å². The first-order chi connectivity index (χ1) is 8.95. The molecule has 0 aromatic carbocycles. The number of rotatable bonds is 2. The molecule has 0 bridgehead atoms. The number of nitrogens with zero attached hydrogens (tertiary/aromatic N) is 2. The summed E-state index contributed by atoms with van der Waals surface area (Å²) in [6, 6.07) is 2.86. The zero-order valence-corrected chi connectivity index (χ0v) is 11.8. The van der Waals surface area contributed by atoms with Gasteiger partial charge in [-0.3, -0.25) is 9.59 Å². The highest BCUT2D eigenvalue weighted by Gasteiger charge is 2.24. The summed E-state index contributed by atoms with van der Waals surface area (Å²) in [6.45, 7) is 0.511. The maximum absolute atomic E-state index is 12.0. The van der Waals surface area contributed by atoms with E-state index in [1.165, 1.54) is 12.1 Å². The molecule has 1 aliphatic heterocycles. The summed E-state index contributed by atoms with van der Waals surface area (Å²) in [7, 11) is 1.72. The number of carbonyl (C=O) groups is 2. The van der Waals surface area contributed by atoms with Crippen LogP contribution in [0.3, 0.4) is 0 Å². The fourth-order valence-corrected chi connectivity index (χ4v) is 2.46. The smallest absolute Gasteiger partial charge is 0.251 e. The zero-order valence-electron chi connectivity index (χ0n) is 10.3. The van der Waals surface area contributed by atoms with E-state index in [4.69, 9.17) is 23.2 Å². The molecule has 0 radical (unpaired) electrons. The van der Waals surface area contributed by atoms with Crippen molar-refractivity contribution in [3.8, 4) is 0 Å². The molecule has 1 aromatic rings. The molecule has 0 saturated carbocycles. The molecule has 7 heteroatoms. The Labute approximate surface area is 120 Å². The summed E-state index contributed by atoms with van der Waals surface area (Å²) in [5.41, 5.74) is 0.365. The summed E-state index contributed by atoms with van der Waals surface area (Å²) < 4.78 is 0. The topological polar surface area (TPSA) is 62.3 Å². The molecule has 2 rings (SSSR count). The third-order valence-corrected chi connectivity index (χ3v) is 3.37. The summed E-state index contributed by atoms with van der Waals surface area (Å²) in [5, 5.41) is 3.21. The summed E-state index contributed by atoms with van der Waals surface area (Å²) in [4.78, 5) is 28.8. The van der Waals surface area contributed by atoms with Gasteiger partial charge < -0.3 is 10.2 Å². The van der Waals surface area contributed by atoms with Crippen LogP contribution in [-0.4, -0.2) is 41.3 Å². The van der Waals surface area contributed by atoms with Crippen LogP contribution in [0.4, 0.5) is 0 Å². The lowest BCUT2D eigenvalue weighted by molar-refractivity contribution is -0.132. The highest BCUT2D eigenvalue weighted by atomic mass is 35.5. The minimum Gasteiger partial charge on any atom is -0.348 e. The second-order valence-electron chi connectivity index (χ2n) is 4.48. The molecule has 102 valence electrons. The number of likely N-dealkylation sites (tertiary alicyclic amines) is 1. The Morgan fingerprint density at radius 2 is 2.05 bits per heavy atom. The van der Waals surface area contributed by atoms with Crippen molar-refractivity contribution >= 4 is 35.0 Å². The number of likely N-dealkylation sites (N-methyl/N-ethyl adjacent to an activating group) is 1. The number of hydrogen-bond donors (Lipinski definition) is 1. The van der Waals surface area contributed by atoms with Gasteiger partial charge in [-0.25, -0.2) is 4.98 Å². The molecular formula is C12H13Cl2N3O2. The Bertz CT molecular complexity index is 501. The molecule has 1 unspecified atom stereocenters. The number of piperidine rings is 1. The van der Waals surface area contributed by atoms with E-state index in [0.717, 1.165) is 0 Å². The number of nitrogens with one attached hydrogen (secondary N) is 1. The van der Waals surface area contributed by atoms with Crippen molar-refractivity contribution < 1.29 is 9.59 Å². The van der Waals surface area contributed by atoms with Crippen molar-refractivity contribution in [2.75, 3.05) is 13.6 Å². The van der Waals surface area contributed by atoms with E-state index < -0.39 is 0 Å². The molecule has 1 N–H and O–H groups in total. The third kappa shape index (κ3) is 3.58. The van der Waals surface area contributed by atoms with Gasteiger partial charge in [0.2, 0.25) is 5.91 Å². The lowest BCUT2D eigenvalue weighted by Crippen LogP contribution is -2.48. The van der Waals surface area contributed by atoms with Gasteiger partial charge in [0.05, 0.1) is 0 Å². The first-order valence-corrected chi connectivity index (χ1v) is 6.59. The molecule has 1 saturated heterocycles. The van der Waals surface area contributed by atoms with Crippen molar-refractivity contribution in [2.45, 2.75) is 18.9 Å². The lowest BCUT2D eigenvalue weighted by Gasteiger charge is -2.30. The molecule has 2 heterocycles. The van der Waals surface area contributed by atoms with Gasteiger partial charge in [-0.1, -0.05) is 23.2 Å². The molecule has 1 fully saturated rings. The standard InChI is InChI=1S/C12H13Cl2N3O2/c1-17-6-8(2-3-11(17)18)15-12(19)7-4-9(13)16-10(14)5-7/h4-5,8H,2-3,6H2,1H3,(H,15,19). The predicted octanol–water partition coefficient (Wildman–Crippen LogP) is 1.74. The molecule has 0 spiro atoms. The molecule has 0 aliphatic carbocycles. The fourth-order valence-electron chi connectivity index (χ4n) is 1.99. The number of pyridine rings is 1. The average Bonchev–Trinajstić information content (AvgIpc) is 2.32. The maximum atomic E-state index is 12.0. The molecule has 19 heavy (non-hydrogen) atoms. The van der Waals surface area contributed by atoms with Crippen LogP contribution >= 0.6 is 23.2 Å². The molecule has 1 aliphatic rings. The number of amides is 2. The highest BCUT2D eigenvalue weighted by molar-refractivity contribution is 6.33. The van der Waals surface area contributed by atoms with Crippen LogP contribution in [0.5, 0.6) is 0 Å². The van der Waals surface area contributed by atoms with E-state index in [-0.39, 0.29) is 28.2 Å². The van der Waals surface area contributed by atoms with Crippen LogP contribution < -0.4 is 5.32 Å². The van der Waals surface area contributed by atoms with Crippen LogP contribution in [0.15, 0.2) is 12.1 Å². The van der Waals surface area contributed by atoms with Gasteiger partial charge in [0.15, 0.2) is 0 Å². The fraction of sp³-hybridized carbons (Fsp3) is 0.417. The first-order valence-electron chi connectivity index (χ1n) is 5.83. The number of aromatic nitrogens is 1. The molecular weight excluding hydrogens is 289 g/mol. The molecule has 2 amide bonds. The molecule has 1 atom stereocenters. The second kappa shape index (κ2) is 5.75. The number of carbonyl (C=O) groups excluding carboxylic acids is 2. The van der Waals surface area contributed by atoms with Crippen LogP contribution in [-0.2, 0) is 4.79 Å². The average molecular weight is 302 g/mol. The van der Waals surface area contributed by atoms with Crippen LogP contribution in [0.1, 0.15) is 23.2 Å². The Hall–Kier alpha value is -1.33. The van der Waals surface area contributed by atoms with E-state index in [1.807, 2.05) is 0 Å². The quantitative estimate of drug-likeness (QED) is 0.846. The van der Waals surface area contributed by atoms with Gasteiger partial charge in [-0.2, -0.15) is 0 Å². The number of hydrogen-bond acceptors (Lipinski definition) is 3. The van der Waals surface area contributed by atoms with Gasteiger partial charge in [0, 0.05) is 31.6 Å². The van der Waals surface area contributed by atoms with Crippen LogP contribution in [0.2, 0.25) is 10.3 Å². The van der Waals surface area contributed by atoms with Crippen molar-refractivity contribution in [1.29, 1.82) is 0 Å². The van der Waals surface area contributed by atoms with Crippen LogP contribution in [0, 0.1) is 0 Å². The maximum Gasteiger partial charge on any atom is 0.251 e. The molecule has 1 aromatic heterocycles. The largest absolute Gasteiger partial charge is 0.348 e. The Kier molecular flexibility index (Phi) is 4.27. The van der Waals surface area contributed by atoms with Crippen molar-refractivity contribution in [3.05, 3.63) is 28.0 Å². The predicted molar refractivity (Wildman–Crippen MR) is 72.4 cm³/mol.